The molecule has 4 aromatic carbocycles. The molecule has 5 rings (SSSR count). The van der Waals surface area contributed by atoms with E-state index in [0.29, 0.717) is 0 Å². The van der Waals surface area contributed by atoms with Crippen molar-refractivity contribution in [2.45, 2.75) is 0 Å². The Morgan fingerprint density at radius 3 is 1.10 bits per heavy atom. The van der Waals surface area contributed by atoms with Crippen molar-refractivity contribution in [2.75, 3.05) is 10.6 Å². The maximum Gasteiger partial charge on any atom is 0.0384 e. The summed E-state index contributed by atoms with van der Waals surface area (Å²) >= 11 is 1.82. The first kappa shape index (κ1) is 19.2. The third-order valence-corrected chi connectivity index (χ3v) is 6.25. The topological polar surface area (TPSA) is 24.1 Å². The van der Waals surface area contributed by atoms with Crippen molar-refractivity contribution >= 4 is 34.1 Å². The minimum Gasteiger partial charge on any atom is -0.356 e. The molecule has 0 fully saturated rings. The van der Waals surface area contributed by atoms with E-state index >= 15 is 0 Å². The van der Waals surface area contributed by atoms with E-state index in [2.05, 4.69) is 95.6 Å². The molecule has 0 saturated carbocycles. The minimum absolute atomic E-state index is 1.09. The van der Waals surface area contributed by atoms with Crippen LogP contribution in [0.15, 0.2) is 121 Å². The Morgan fingerprint density at radius 1 is 0.355 bits per heavy atom. The van der Waals surface area contributed by atoms with Gasteiger partial charge in [-0.15, -0.1) is 11.3 Å². The van der Waals surface area contributed by atoms with Gasteiger partial charge < -0.3 is 10.6 Å². The summed E-state index contributed by atoms with van der Waals surface area (Å²) in [6.45, 7) is 0. The number of nitrogens with one attached hydrogen (secondary N) is 2. The van der Waals surface area contributed by atoms with Crippen LogP contribution in [0.3, 0.4) is 0 Å². The van der Waals surface area contributed by atoms with Crippen molar-refractivity contribution in [3.05, 3.63) is 121 Å². The van der Waals surface area contributed by atoms with Crippen LogP contribution in [0.5, 0.6) is 0 Å². The molecule has 0 saturated heterocycles. The third-order valence-electron chi connectivity index (χ3n) is 5.07. The SMILES string of the molecule is c1ccc(Nc2ccc(-c3ccc(-c4ccc(Nc5ccccc5)cc4)s3)cc2)cc1. The highest BCUT2D eigenvalue weighted by Crippen LogP contribution is 2.35. The van der Waals surface area contributed by atoms with Crippen LogP contribution in [-0.4, -0.2) is 0 Å². The number of anilines is 4. The summed E-state index contributed by atoms with van der Waals surface area (Å²) in [7, 11) is 0. The molecule has 2 N–H and O–H groups in total. The van der Waals surface area contributed by atoms with Gasteiger partial charge in [0, 0.05) is 32.5 Å². The molecule has 0 aliphatic rings. The molecule has 0 amide bonds. The van der Waals surface area contributed by atoms with E-state index < -0.39 is 0 Å². The van der Waals surface area contributed by atoms with Crippen molar-refractivity contribution in [1.82, 2.24) is 0 Å². The summed E-state index contributed by atoms with van der Waals surface area (Å²) in [5.41, 5.74) is 6.84. The molecule has 3 heteroatoms. The average molecular weight is 419 g/mol. The van der Waals surface area contributed by atoms with Crippen LogP contribution >= 0.6 is 11.3 Å². The first-order valence-electron chi connectivity index (χ1n) is 10.3. The zero-order valence-corrected chi connectivity index (χ0v) is 17.8. The molecular weight excluding hydrogens is 396 g/mol. The summed E-state index contributed by atoms with van der Waals surface area (Å²) in [5, 5.41) is 6.87. The number of benzene rings is 4. The van der Waals surface area contributed by atoms with Gasteiger partial charge in [0.25, 0.3) is 0 Å². The van der Waals surface area contributed by atoms with Gasteiger partial charge in [-0.25, -0.2) is 0 Å². The van der Waals surface area contributed by atoms with E-state index in [-0.39, 0.29) is 0 Å². The van der Waals surface area contributed by atoms with E-state index in [1.807, 2.05) is 47.7 Å². The van der Waals surface area contributed by atoms with E-state index in [1.165, 1.54) is 20.9 Å². The zero-order chi connectivity index (χ0) is 20.9. The van der Waals surface area contributed by atoms with E-state index in [4.69, 9.17) is 0 Å². The molecule has 0 atom stereocenters. The van der Waals surface area contributed by atoms with Crippen molar-refractivity contribution < 1.29 is 0 Å². The lowest BCUT2D eigenvalue weighted by Gasteiger charge is -2.07. The van der Waals surface area contributed by atoms with Crippen LogP contribution in [0.1, 0.15) is 0 Å². The summed E-state index contributed by atoms with van der Waals surface area (Å²) in [6, 6.07) is 42.1. The second-order valence-corrected chi connectivity index (χ2v) is 8.38. The fourth-order valence-electron chi connectivity index (χ4n) is 3.46. The van der Waals surface area contributed by atoms with Gasteiger partial charge in [-0.2, -0.15) is 0 Å². The maximum atomic E-state index is 3.43. The second-order valence-electron chi connectivity index (χ2n) is 7.30. The smallest absolute Gasteiger partial charge is 0.0384 e. The van der Waals surface area contributed by atoms with Crippen molar-refractivity contribution in [3.8, 4) is 20.9 Å². The van der Waals surface area contributed by atoms with Crippen LogP contribution in [0.25, 0.3) is 20.9 Å². The Balaban J connectivity index is 1.28. The van der Waals surface area contributed by atoms with Crippen LogP contribution < -0.4 is 10.6 Å². The average Bonchev–Trinajstić information content (AvgIpc) is 3.32. The summed E-state index contributed by atoms with van der Waals surface area (Å²) in [5.74, 6) is 0. The van der Waals surface area contributed by atoms with E-state index in [1.54, 1.807) is 0 Å². The van der Waals surface area contributed by atoms with Crippen molar-refractivity contribution in [2.24, 2.45) is 0 Å². The quantitative estimate of drug-likeness (QED) is 0.288. The Kier molecular flexibility index (Phi) is 5.50. The maximum absolute atomic E-state index is 3.43. The first-order chi connectivity index (χ1) is 15.3. The van der Waals surface area contributed by atoms with Gasteiger partial charge >= 0.3 is 0 Å². The van der Waals surface area contributed by atoms with Gasteiger partial charge in [-0.3, -0.25) is 0 Å². The molecular formula is C28H22N2S. The van der Waals surface area contributed by atoms with Crippen LogP contribution in [-0.2, 0) is 0 Å². The molecule has 1 heterocycles. The fraction of sp³-hybridized carbons (Fsp3) is 0. The Morgan fingerprint density at radius 2 is 0.710 bits per heavy atom. The molecule has 1 aromatic heterocycles. The number of thiophene rings is 1. The summed E-state index contributed by atoms with van der Waals surface area (Å²) < 4.78 is 0. The molecule has 31 heavy (non-hydrogen) atoms. The van der Waals surface area contributed by atoms with Crippen LogP contribution in [0.4, 0.5) is 22.7 Å². The third kappa shape index (κ3) is 4.68. The summed E-state index contributed by atoms with van der Waals surface area (Å²) in [4.78, 5) is 2.54. The van der Waals surface area contributed by atoms with E-state index in [0.717, 1.165) is 22.7 Å². The minimum atomic E-state index is 1.09. The number of hydrogen-bond acceptors (Lipinski definition) is 3. The van der Waals surface area contributed by atoms with Crippen molar-refractivity contribution in [1.29, 1.82) is 0 Å². The Bertz CT molecular complexity index is 1140. The molecule has 2 nitrogen and oxygen atoms in total. The molecule has 0 spiro atoms. The lowest BCUT2D eigenvalue weighted by molar-refractivity contribution is 1.55. The van der Waals surface area contributed by atoms with Gasteiger partial charge in [0.15, 0.2) is 0 Å². The monoisotopic (exact) mass is 418 g/mol. The largest absolute Gasteiger partial charge is 0.356 e. The van der Waals surface area contributed by atoms with Crippen LogP contribution in [0.2, 0.25) is 0 Å². The molecule has 0 radical (unpaired) electrons. The highest BCUT2D eigenvalue weighted by molar-refractivity contribution is 7.18. The normalized spacial score (nSPS) is 10.6. The predicted octanol–water partition coefficient (Wildman–Crippen LogP) is 8.57. The number of hydrogen-bond donors (Lipinski definition) is 2. The second kappa shape index (κ2) is 8.90. The van der Waals surface area contributed by atoms with E-state index in [9.17, 15) is 0 Å². The van der Waals surface area contributed by atoms with Crippen molar-refractivity contribution in [3.63, 3.8) is 0 Å². The Labute approximate surface area is 186 Å². The van der Waals surface area contributed by atoms with Crippen LogP contribution in [0, 0.1) is 0 Å². The fourth-order valence-corrected chi connectivity index (χ4v) is 4.48. The van der Waals surface area contributed by atoms with Gasteiger partial charge in [-0.05, 0) is 71.8 Å². The summed E-state index contributed by atoms with van der Waals surface area (Å²) in [6.07, 6.45) is 0. The lowest BCUT2D eigenvalue weighted by Crippen LogP contribution is -1.89. The number of para-hydroxylation sites is 2. The molecule has 0 unspecified atom stereocenters. The van der Waals surface area contributed by atoms with Gasteiger partial charge in [0.2, 0.25) is 0 Å². The van der Waals surface area contributed by atoms with Gasteiger partial charge in [-0.1, -0.05) is 60.7 Å². The molecule has 0 aliphatic carbocycles. The molecule has 150 valence electrons. The van der Waals surface area contributed by atoms with Gasteiger partial charge in [0.05, 0.1) is 0 Å². The highest BCUT2D eigenvalue weighted by atomic mass is 32.1. The molecule has 0 aliphatic heterocycles. The lowest BCUT2D eigenvalue weighted by atomic mass is 10.1. The Hall–Kier alpha value is -3.82. The van der Waals surface area contributed by atoms with Gasteiger partial charge in [0.1, 0.15) is 0 Å². The zero-order valence-electron chi connectivity index (χ0n) is 17.0. The predicted molar refractivity (Wildman–Crippen MR) is 135 cm³/mol. The standard InChI is InChI=1S/C28H22N2S/c1-3-7-23(8-4-1)29-25-15-11-21(12-16-25)27-19-20-28(31-27)22-13-17-26(18-14-22)30-24-9-5-2-6-10-24/h1-20,29-30H. The first-order valence-corrected chi connectivity index (χ1v) is 11.1. The molecule has 0 bridgehead atoms. The highest BCUT2D eigenvalue weighted by Gasteiger charge is 2.06. The molecule has 5 aromatic rings. The number of rotatable bonds is 6.